The molecule has 0 saturated heterocycles. The molecule has 1 heterocycles. The first-order valence-electron chi connectivity index (χ1n) is 3.48. The van der Waals surface area contributed by atoms with E-state index in [0.717, 1.165) is 4.57 Å². The van der Waals surface area contributed by atoms with Gasteiger partial charge in [-0.1, -0.05) is 0 Å². The Hall–Kier alpha value is -1.85. The van der Waals surface area contributed by atoms with Gasteiger partial charge in [-0.2, -0.15) is 0 Å². The maximum Gasteiger partial charge on any atom is 0.352 e. The van der Waals surface area contributed by atoms with Crippen LogP contribution in [0, 0.1) is 6.92 Å². The molecule has 70 valence electrons. The number of carboxylic acid groups (broad SMARTS) is 1. The van der Waals surface area contributed by atoms with Crippen molar-refractivity contribution >= 4 is 5.97 Å². The number of carbonyl (C=O) groups is 1. The molecule has 0 atom stereocenters. The predicted molar refractivity (Wildman–Crippen MR) is 44.0 cm³/mol. The molecule has 0 aliphatic rings. The Morgan fingerprint density at radius 1 is 1.46 bits per heavy atom. The average molecular weight is 184 g/mol. The number of nitrogens with zero attached hydrogens (tertiary/aromatic N) is 1. The van der Waals surface area contributed by atoms with E-state index in [0.29, 0.717) is 0 Å². The highest BCUT2D eigenvalue weighted by molar-refractivity contribution is 5.86. The summed E-state index contributed by atoms with van der Waals surface area (Å²) in [5, 5.41) is 8.59. The molecule has 1 rings (SSSR count). The van der Waals surface area contributed by atoms with Gasteiger partial charge in [0, 0.05) is 12.6 Å². The van der Waals surface area contributed by atoms with Crippen LogP contribution in [0.1, 0.15) is 16.1 Å². The molecule has 0 fully saturated rings. The first-order valence-corrected chi connectivity index (χ1v) is 3.48. The molecule has 1 aromatic rings. The molecule has 0 aromatic carbocycles. The Bertz CT molecular complexity index is 468. The molecule has 0 spiro atoms. The zero-order valence-electron chi connectivity index (χ0n) is 7.12. The van der Waals surface area contributed by atoms with Crippen LogP contribution in [0.3, 0.4) is 0 Å². The van der Waals surface area contributed by atoms with Crippen molar-refractivity contribution in [2.75, 3.05) is 0 Å². The fraction of sp³-hybridized carbons (Fsp3) is 0.286. The second-order valence-electron chi connectivity index (χ2n) is 2.60. The number of rotatable bonds is 1. The van der Waals surface area contributed by atoms with E-state index in [4.69, 9.17) is 5.11 Å². The molecule has 2 N–H and O–H groups in total. The first-order chi connectivity index (χ1) is 5.95. The third-order valence-corrected chi connectivity index (χ3v) is 1.75. The monoisotopic (exact) mass is 184 g/mol. The maximum atomic E-state index is 11.2. The molecule has 0 amide bonds. The fourth-order valence-electron chi connectivity index (χ4n) is 0.949. The van der Waals surface area contributed by atoms with Gasteiger partial charge in [-0.25, -0.2) is 9.59 Å². The quantitative estimate of drug-likeness (QED) is 0.590. The topological polar surface area (TPSA) is 92.2 Å². The van der Waals surface area contributed by atoms with E-state index in [1.165, 1.54) is 14.0 Å². The maximum absolute atomic E-state index is 11.2. The van der Waals surface area contributed by atoms with Crippen molar-refractivity contribution in [1.82, 2.24) is 9.55 Å². The number of aromatic amines is 1. The van der Waals surface area contributed by atoms with Crippen molar-refractivity contribution in [3.8, 4) is 0 Å². The smallest absolute Gasteiger partial charge is 0.352 e. The lowest BCUT2D eigenvalue weighted by molar-refractivity contribution is 0.0688. The van der Waals surface area contributed by atoms with Crippen LogP contribution in [-0.2, 0) is 7.05 Å². The number of hydrogen-bond acceptors (Lipinski definition) is 3. The van der Waals surface area contributed by atoms with Gasteiger partial charge < -0.3 is 10.1 Å². The van der Waals surface area contributed by atoms with Crippen molar-refractivity contribution in [1.29, 1.82) is 0 Å². The highest BCUT2D eigenvalue weighted by Gasteiger charge is 2.12. The number of nitrogens with one attached hydrogen (secondary N) is 1. The van der Waals surface area contributed by atoms with Crippen molar-refractivity contribution in [2.45, 2.75) is 6.92 Å². The van der Waals surface area contributed by atoms with E-state index in [-0.39, 0.29) is 11.3 Å². The van der Waals surface area contributed by atoms with Crippen molar-refractivity contribution in [2.24, 2.45) is 7.05 Å². The SMILES string of the molecule is Cc1c(C(=O)O)[nH]c(=O)n(C)c1=O. The third kappa shape index (κ3) is 1.37. The predicted octanol–water partition coefficient (Wildman–Crippen LogP) is -0.920. The fourth-order valence-corrected chi connectivity index (χ4v) is 0.949. The summed E-state index contributed by atoms with van der Waals surface area (Å²) in [4.78, 5) is 34.8. The van der Waals surface area contributed by atoms with Crippen LogP contribution in [0.15, 0.2) is 9.59 Å². The molecule has 6 nitrogen and oxygen atoms in total. The molecule has 0 aliphatic carbocycles. The van der Waals surface area contributed by atoms with E-state index < -0.39 is 17.2 Å². The minimum atomic E-state index is -1.31. The lowest BCUT2D eigenvalue weighted by atomic mass is 10.2. The molecule has 0 aliphatic heterocycles. The molecule has 0 bridgehead atoms. The van der Waals surface area contributed by atoms with E-state index in [1.54, 1.807) is 0 Å². The van der Waals surface area contributed by atoms with Crippen LogP contribution in [0.25, 0.3) is 0 Å². The summed E-state index contributed by atoms with van der Waals surface area (Å²) in [5.74, 6) is -1.31. The minimum absolute atomic E-state index is 0.0228. The van der Waals surface area contributed by atoms with Crippen LogP contribution < -0.4 is 11.2 Å². The largest absolute Gasteiger partial charge is 0.477 e. The highest BCUT2D eigenvalue weighted by Crippen LogP contribution is 1.94. The van der Waals surface area contributed by atoms with Crippen molar-refractivity contribution < 1.29 is 9.90 Å². The standard InChI is InChI=1S/C7H8N2O4/c1-3-4(6(11)12)8-7(13)9(2)5(3)10/h1-2H3,(H,8,13)(H,11,12). The molecular formula is C7H8N2O4. The summed E-state index contributed by atoms with van der Waals surface area (Å²) in [6, 6.07) is 0. The molecule has 13 heavy (non-hydrogen) atoms. The summed E-state index contributed by atoms with van der Waals surface area (Å²) in [7, 11) is 1.28. The molecule has 0 saturated carbocycles. The Morgan fingerprint density at radius 2 is 2.00 bits per heavy atom. The molecule has 0 radical (unpaired) electrons. The van der Waals surface area contributed by atoms with Gasteiger partial charge in [0.1, 0.15) is 5.69 Å². The van der Waals surface area contributed by atoms with E-state index in [1.807, 2.05) is 0 Å². The van der Waals surface area contributed by atoms with Crippen LogP contribution in [0.4, 0.5) is 0 Å². The summed E-state index contributed by atoms with van der Waals surface area (Å²) in [6.45, 7) is 1.35. The van der Waals surface area contributed by atoms with Gasteiger partial charge >= 0.3 is 11.7 Å². The number of carboxylic acids is 1. The van der Waals surface area contributed by atoms with E-state index in [9.17, 15) is 14.4 Å². The lowest BCUT2D eigenvalue weighted by Crippen LogP contribution is -2.36. The van der Waals surface area contributed by atoms with Crippen LogP contribution in [0.5, 0.6) is 0 Å². The van der Waals surface area contributed by atoms with E-state index in [2.05, 4.69) is 4.98 Å². The van der Waals surface area contributed by atoms with Gasteiger partial charge in [-0.3, -0.25) is 9.36 Å². The number of aromatic carboxylic acids is 1. The van der Waals surface area contributed by atoms with Crippen molar-refractivity contribution in [3.63, 3.8) is 0 Å². The Labute approximate surface area is 72.5 Å². The third-order valence-electron chi connectivity index (χ3n) is 1.75. The molecular weight excluding hydrogens is 176 g/mol. The lowest BCUT2D eigenvalue weighted by Gasteiger charge is -2.01. The Balaban J connectivity index is 3.70. The zero-order chi connectivity index (χ0) is 10.2. The summed E-state index contributed by atoms with van der Waals surface area (Å²) in [5.41, 5.74) is -1.66. The van der Waals surface area contributed by atoms with Crippen molar-refractivity contribution in [3.05, 3.63) is 32.1 Å². The normalized spacial score (nSPS) is 10.0. The number of aromatic nitrogens is 2. The summed E-state index contributed by atoms with van der Waals surface area (Å²) in [6.07, 6.45) is 0. The van der Waals surface area contributed by atoms with Gasteiger partial charge in [0.05, 0.1) is 0 Å². The summed E-state index contributed by atoms with van der Waals surface area (Å²) < 4.78 is 0.821. The molecule has 0 unspecified atom stereocenters. The molecule has 6 heteroatoms. The minimum Gasteiger partial charge on any atom is -0.477 e. The van der Waals surface area contributed by atoms with Crippen LogP contribution in [-0.4, -0.2) is 20.6 Å². The first kappa shape index (κ1) is 9.24. The Kier molecular flexibility index (Phi) is 2.05. The van der Waals surface area contributed by atoms with Gasteiger partial charge in [0.15, 0.2) is 0 Å². The van der Waals surface area contributed by atoms with Crippen LogP contribution in [0.2, 0.25) is 0 Å². The summed E-state index contributed by atoms with van der Waals surface area (Å²) >= 11 is 0. The molecule has 1 aromatic heterocycles. The van der Waals surface area contributed by atoms with Crippen LogP contribution >= 0.6 is 0 Å². The zero-order valence-corrected chi connectivity index (χ0v) is 7.12. The second-order valence-corrected chi connectivity index (χ2v) is 2.60. The Morgan fingerprint density at radius 3 is 2.46 bits per heavy atom. The van der Waals surface area contributed by atoms with E-state index >= 15 is 0 Å². The second kappa shape index (κ2) is 2.89. The van der Waals surface area contributed by atoms with Gasteiger partial charge in [-0.05, 0) is 6.92 Å². The van der Waals surface area contributed by atoms with Gasteiger partial charge in [-0.15, -0.1) is 0 Å². The average Bonchev–Trinajstić information content (AvgIpc) is 2.07. The van der Waals surface area contributed by atoms with Gasteiger partial charge in [0.2, 0.25) is 0 Å². The van der Waals surface area contributed by atoms with Gasteiger partial charge in [0.25, 0.3) is 5.56 Å². The highest BCUT2D eigenvalue weighted by atomic mass is 16.4. The number of H-pyrrole nitrogens is 1. The number of hydrogen-bond donors (Lipinski definition) is 2.